The summed E-state index contributed by atoms with van der Waals surface area (Å²) in [5.74, 6) is -3.06. The summed E-state index contributed by atoms with van der Waals surface area (Å²) in [5.41, 5.74) is 5.68. The van der Waals surface area contributed by atoms with Crippen LogP contribution in [0.15, 0.2) is 0 Å². The van der Waals surface area contributed by atoms with Crippen LogP contribution >= 0.6 is 0 Å². The van der Waals surface area contributed by atoms with Gasteiger partial charge in [-0.2, -0.15) is 0 Å². The van der Waals surface area contributed by atoms with E-state index < -0.39 is 41.9 Å². The first kappa shape index (κ1) is 20.9. The number of carbonyl (C=O) groups is 4. The van der Waals surface area contributed by atoms with Crippen molar-refractivity contribution in [2.75, 3.05) is 6.54 Å². The fourth-order valence-corrected chi connectivity index (χ4v) is 2.87. The molecular formula is C16H27N3O6. The average molecular weight is 357 g/mol. The Morgan fingerprint density at radius 2 is 1.88 bits per heavy atom. The minimum Gasteiger partial charge on any atom is -0.481 e. The van der Waals surface area contributed by atoms with Crippen molar-refractivity contribution < 1.29 is 29.4 Å². The van der Waals surface area contributed by atoms with Crippen LogP contribution in [0.1, 0.15) is 46.0 Å². The number of nitrogens with two attached hydrogens (primary N) is 1. The maximum atomic E-state index is 12.7. The lowest BCUT2D eigenvalue weighted by Crippen LogP contribution is -2.54. The van der Waals surface area contributed by atoms with Crippen LogP contribution in [-0.2, 0) is 19.2 Å². The van der Waals surface area contributed by atoms with Crippen molar-refractivity contribution in [2.45, 2.75) is 64.1 Å². The summed E-state index contributed by atoms with van der Waals surface area (Å²) in [6.45, 7) is 4.11. The number of carboxylic acid groups (broad SMARTS) is 2. The number of carboxylic acids is 2. The summed E-state index contributed by atoms with van der Waals surface area (Å²) in [6, 6.07) is -2.78. The van der Waals surface area contributed by atoms with Crippen LogP contribution in [0.25, 0.3) is 0 Å². The number of carbonyl (C=O) groups excluding carboxylic acids is 2. The number of nitrogens with one attached hydrogen (secondary N) is 1. The van der Waals surface area contributed by atoms with Crippen LogP contribution in [0, 0.1) is 5.92 Å². The molecule has 2 amide bonds. The zero-order chi connectivity index (χ0) is 19.1. The minimum atomic E-state index is -1.06. The van der Waals surface area contributed by atoms with Crippen molar-refractivity contribution in [3.63, 3.8) is 0 Å². The van der Waals surface area contributed by atoms with E-state index >= 15 is 0 Å². The zero-order valence-corrected chi connectivity index (χ0v) is 14.6. The van der Waals surface area contributed by atoms with E-state index in [1.54, 1.807) is 0 Å². The molecule has 1 fully saturated rings. The molecule has 0 spiro atoms. The standard InChI is InChI=1S/C16H27N3O6/c1-9(2)8-11(18-14(22)10(17)5-6-13(20)21)15(23)19-7-3-4-12(19)16(24)25/h9-12H,3-8,17H2,1-2H3,(H,18,22)(H,20,21)(H,24,25)/t10-,11-,12-/m0/s1. The number of aliphatic carboxylic acids is 2. The van der Waals surface area contributed by atoms with E-state index in [0.717, 1.165) is 0 Å². The summed E-state index contributed by atoms with van der Waals surface area (Å²) in [5, 5.41) is 20.5. The molecule has 0 unspecified atom stereocenters. The molecule has 142 valence electrons. The molecule has 0 saturated carbocycles. The summed E-state index contributed by atoms with van der Waals surface area (Å²) in [7, 11) is 0. The van der Waals surface area contributed by atoms with Gasteiger partial charge < -0.3 is 26.2 Å². The molecule has 9 heteroatoms. The molecule has 9 nitrogen and oxygen atoms in total. The van der Waals surface area contributed by atoms with Gasteiger partial charge in [0.15, 0.2) is 0 Å². The molecule has 1 saturated heterocycles. The molecule has 1 heterocycles. The smallest absolute Gasteiger partial charge is 0.326 e. The Hall–Kier alpha value is -2.16. The Morgan fingerprint density at radius 1 is 1.24 bits per heavy atom. The van der Waals surface area contributed by atoms with Crippen molar-refractivity contribution in [1.82, 2.24) is 10.2 Å². The molecule has 3 atom stereocenters. The van der Waals surface area contributed by atoms with Gasteiger partial charge in [0.1, 0.15) is 12.1 Å². The number of amides is 2. The van der Waals surface area contributed by atoms with Gasteiger partial charge in [0.2, 0.25) is 11.8 Å². The van der Waals surface area contributed by atoms with Gasteiger partial charge in [-0.15, -0.1) is 0 Å². The Kier molecular flexibility index (Phi) is 7.82. The second kappa shape index (κ2) is 9.36. The minimum absolute atomic E-state index is 0.0365. The summed E-state index contributed by atoms with van der Waals surface area (Å²) >= 11 is 0. The molecule has 1 aliphatic rings. The highest BCUT2D eigenvalue weighted by Gasteiger charge is 2.38. The highest BCUT2D eigenvalue weighted by molar-refractivity contribution is 5.92. The van der Waals surface area contributed by atoms with Gasteiger partial charge in [-0.05, 0) is 31.6 Å². The van der Waals surface area contributed by atoms with Gasteiger partial charge in [0, 0.05) is 13.0 Å². The first-order valence-corrected chi connectivity index (χ1v) is 8.44. The van der Waals surface area contributed by atoms with E-state index in [-0.39, 0.29) is 18.8 Å². The van der Waals surface area contributed by atoms with Crippen LogP contribution in [0.3, 0.4) is 0 Å². The van der Waals surface area contributed by atoms with Crippen molar-refractivity contribution in [3.05, 3.63) is 0 Å². The molecule has 0 aromatic heterocycles. The monoisotopic (exact) mass is 357 g/mol. The SMILES string of the molecule is CC(C)C[C@H](NC(=O)[C@@H](N)CCC(=O)O)C(=O)N1CCC[C@H]1C(=O)O. The summed E-state index contributed by atoms with van der Waals surface area (Å²) < 4.78 is 0. The van der Waals surface area contributed by atoms with E-state index in [1.807, 2.05) is 13.8 Å². The zero-order valence-electron chi connectivity index (χ0n) is 14.6. The lowest BCUT2D eigenvalue weighted by atomic mass is 10.0. The van der Waals surface area contributed by atoms with Crippen LogP contribution in [0.5, 0.6) is 0 Å². The topological polar surface area (TPSA) is 150 Å². The molecule has 0 bridgehead atoms. The molecule has 5 N–H and O–H groups in total. The third-order valence-corrected chi connectivity index (χ3v) is 4.15. The number of likely N-dealkylation sites (tertiary alicyclic amines) is 1. The van der Waals surface area contributed by atoms with Gasteiger partial charge in [0.25, 0.3) is 0 Å². The molecule has 0 aromatic rings. The van der Waals surface area contributed by atoms with Crippen LogP contribution in [0.4, 0.5) is 0 Å². The Morgan fingerprint density at radius 3 is 2.40 bits per heavy atom. The molecule has 0 radical (unpaired) electrons. The normalized spacial score (nSPS) is 19.5. The Labute approximate surface area is 146 Å². The van der Waals surface area contributed by atoms with Gasteiger partial charge in [0.05, 0.1) is 6.04 Å². The fourth-order valence-electron chi connectivity index (χ4n) is 2.87. The van der Waals surface area contributed by atoms with E-state index in [1.165, 1.54) is 4.90 Å². The first-order valence-electron chi connectivity index (χ1n) is 8.44. The van der Waals surface area contributed by atoms with Crippen LogP contribution in [-0.4, -0.2) is 63.5 Å². The average Bonchev–Trinajstić information content (AvgIpc) is 3.00. The molecule has 0 aromatic carbocycles. The molecule has 1 aliphatic heterocycles. The number of nitrogens with zero attached hydrogens (tertiary/aromatic N) is 1. The largest absolute Gasteiger partial charge is 0.481 e. The predicted octanol–water partition coefficient (Wildman–Crippen LogP) is -0.215. The number of hydrogen-bond acceptors (Lipinski definition) is 5. The van der Waals surface area contributed by atoms with E-state index in [2.05, 4.69) is 5.32 Å². The van der Waals surface area contributed by atoms with E-state index in [9.17, 15) is 24.3 Å². The number of hydrogen-bond donors (Lipinski definition) is 4. The van der Waals surface area contributed by atoms with Gasteiger partial charge in [-0.25, -0.2) is 4.79 Å². The van der Waals surface area contributed by atoms with Crippen molar-refractivity contribution >= 4 is 23.8 Å². The van der Waals surface area contributed by atoms with E-state index in [4.69, 9.17) is 10.8 Å². The predicted molar refractivity (Wildman–Crippen MR) is 88.6 cm³/mol. The lowest BCUT2D eigenvalue weighted by molar-refractivity contribution is -0.149. The third kappa shape index (κ3) is 6.33. The second-order valence-electron chi connectivity index (χ2n) is 6.76. The van der Waals surface area contributed by atoms with Crippen molar-refractivity contribution in [3.8, 4) is 0 Å². The Balaban J connectivity index is 2.79. The Bertz CT molecular complexity index is 522. The molecular weight excluding hydrogens is 330 g/mol. The van der Waals surface area contributed by atoms with Gasteiger partial charge in [-0.1, -0.05) is 13.8 Å². The van der Waals surface area contributed by atoms with Crippen molar-refractivity contribution in [1.29, 1.82) is 0 Å². The van der Waals surface area contributed by atoms with Crippen LogP contribution < -0.4 is 11.1 Å². The lowest BCUT2D eigenvalue weighted by Gasteiger charge is -2.29. The highest BCUT2D eigenvalue weighted by Crippen LogP contribution is 2.20. The highest BCUT2D eigenvalue weighted by atomic mass is 16.4. The summed E-state index contributed by atoms with van der Waals surface area (Å²) in [4.78, 5) is 48.0. The molecule has 0 aliphatic carbocycles. The van der Waals surface area contributed by atoms with Crippen LogP contribution in [0.2, 0.25) is 0 Å². The molecule has 25 heavy (non-hydrogen) atoms. The van der Waals surface area contributed by atoms with E-state index in [0.29, 0.717) is 25.8 Å². The maximum absolute atomic E-state index is 12.7. The maximum Gasteiger partial charge on any atom is 0.326 e. The summed E-state index contributed by atoms with van der Waals surface area (Å²) in [6.07, 6.45) is 1.06. The van der Waals surface area contributed by atoms with Gasteiger partial charge in [-0.3, -0.25) is 14.4 Å². The number of rotatable bonds is 9. The quantitative estimate of drug-likeness (QED) is 0.445. The first-order chi connectivity index (χ1) is 11.6. The molecule has 1 rings (SSSR count). The van der Waals surface area contributed by atoms with Gasteiger partial charge >= 0.3 is 11.9 Å². The second-order valence-corrected chi connectivity index (χ2v) is 6.76. The third-order valence-electron chi connectivity index (χ3n) is 4.15. The fraction of sp³-hybridized carbons (Fsp3) is 0.750. The van der Waals surface area contributed by atoms with Crippen molar-refractivity contribution in [2.24, 2.45) is 11.7 Å².